The molecule has 1 heterocycles. The zero-order valence-electron chi connectivity index (χ0n) is 11.4. The van der Waals surface area contributed by atoms with E-state index in [1.165, 1.54) is 16.3 Å². The molecule has 1 N–H and O–H groups in total. The molecular weight excluding hydrogens is 270 g/mol. The van der Waals surface area contributed by atoms with Crippen LogP contribution >= 0.6 is 0 Å². The van der Waals surface area contributed by atoms with E-state index in [1.807, 2.05) is 12.1 Å². The molecule has 20 heavy (non-hydrogen) atoms. The average molecular weight is 289 g/mol. The normalized spacial score (nSPS) is 19.2. The molecule has 1 aliphatic heterocycles. The van der Waals surface area contributed by atoms with Gasteiger partial charge < -0.3 is 5.32 Å². The summed E-state index contributed by atoms with van der Waals surface area (Å²) >= 11 is 0. The van der Waals surface area contributed by atoms with Gasteiger partial charge in [-0.15, -0.1) is 0 Å². The van der Waals surface area contributed by atoms with Crippen LogP contribution in [0.4, 0.5) is 0 Å². The van der Waals surface area contributed by atoms with Crippen molar-refractivity contribution in [2.24, 2.45) is 0 Å². The maximum Gasteiger partial charge on any atom is 0.150 e. The Kier molecular flexibility index (Phi) is 3.76. The summed E-state index contributed by atoms with van der Waals surface area (Å²) in [6, 6.07) is 15.1. The Balaban J connectivity index is 1.63. The number of sulfone groups is 1. The van der Waals surface area contributed by atoms with Crippen molar-refractivity contribution in [2.45, 2.75) is 25.4 Å². The molecule has 0 spiro atoms. The van der Waals surface area contributed by atoms with Gasteiger partial charge in [0.2, 0.25) is 0 Å². The molecule has 0 atom stereocenters. The second kappa shape index (κ2) is 5.54. The number of rotatable bonds is 3. The Bertz CT molecular complexity index is 695. The molecule has 0 aliphatic carbocycles. The highest BCUT2D eigenvalue weighted by molar-refractivity contribution is 7.91. The first-order chi connectivity index (χ1) is 9.62. The molecule has 1 fully saturated rings. The fraction of sp³-hybridized carbons (Fsp3) is 0.375. The van der Waals surface area contributed by atoms with Gasteiger partial charge in [-0.05, 0) is 35.2 Å². The monoisotopic (exact) mass is 289 g/mol. The molecule has 1 saturated heterocycles. The predicted molar refractivity (Wildman–Crippen MR) is 82.5 cm³/mol. The van der Waals surface area contributed by atoms with Gasteiger partial charge in [0.15, 0.2) is 0 Å². The Morgan fingerprint density at radius 1 is 1.00 bits per heavy atom. The zero-order chi connectivity index (χ0) is 14.0. The molecule has 0 aromatic heterocycles. The standard InChI is InChI=1S/C16H19NO2S/c18-20(19)9-7-16(8-10-20)17-12-13-5-6-14-3-1-2-4-15(14)11-13/h1-6,11,16-17H,7-10,12H2. The van der Waals surface area contributed by atoms with Crippen LogP contribution < -0.4 is 5.32 Å². The highest BCUT2D eigenvalue weighted by atomic mass is 32.2. The van der Waals surface area contributed by atoms with Gasteiger partial charge in [0, 0.05) is 12.6 Å². The molecule has 0 unspecified atom stereocenters. The van der Waals surface area contributed by atoms with Crippen molar-refractivity contribution in [2.75, 3.05) is 11.5 Å². The number of hydrogen-bond donors (Lipinski definition) is 1. The van der Waals surface area contributed by atoms with Crippen molar-refractivity contribution in [3.63, 3.8) is 0 Å². The van der Waals surface area contributed by atoms with E-state index in [2.05, 4.69) is 35.6 Å². The smallest absolute Gasteiger partial charge is 0.150 e. The van der Waals surface area contributed by atoms with Crippen LogP contribution in [0, 0.1) is 0 Å². The van der Waals surface area contributed by atoms with Gasteiger partial charge in [0.25, 0.3) is 0 Å². The van der Waals surface area contributed by atoms with E-state index in [1.54, 1.807) is 0 Å². The number of fused-ring (bicyclic) bond motifs is 1. The summed E-state index contributed by atoms with van der Waals surface area (Å²) in [4.78, 5) is 0. The summed E-state index contributed by atoms with van der Waals surface area (Å²) in [5.74, 6) is 0.644. The van der Waals surface area contributed by atoms with Crippen LogP contribution in [-0.2, 0) is 16.4 Å². The fourth-order valence-electron chi connectivity index (χ4n) is 2.71. The van der Waals surface area contributed by atoms with Crippen molar-refractivity contribution >= 4 is 20.6 Å². The summed E-state index contributed by atoms with van der Waals surface area (Å²) in [6.45, 7) is 0.801. The lowest BCUT2D eigenvalue weighted by Crippen LogP contribution is -2.37. The summed E-state index contributed by atoms with van der Waals surface area (Å²) in [6.07, 6.45) is 1.46. The van der Waals surface area contributed by atoms with Crippen molar-refractivity contribution in [1.29, 1.82) is 0 Å². The van der Waals surface area contributed by atoms with Gasteiger partial charge in [0.1, 0.15) is 9.84 Å². The molecule has 3 rings (SSSR count). The molecule has 0 amide bonds. The summed E-state index contributed by atoms with van der Waals surface area (Å²) < 4.78 is 22.8. The van der Waals surface area contributed by atoms with Crippen LogP contribution in [0.1, 0.15) is 18.4 Å². The van der Waals surface area contributed by atoms with Crippen molar-refractivity contribution in [1.82, 2.24) is 5.32 Å². The summed E-state index contributed by atoms with van der Waals surface area (Å²) in [5.41, 5.74) is 1.25. The molecule has 0 radical (unpaired) electrons. The third-order valence-electron chi connectivity index (χ3n) is 3.96. The molecule has 0 bridgehead atoms. The Morgan fingerprint density at radius 3 is 2.45 bits per heavy atom. The molecule has 2 aromatic carbocycles. The quantitative estimate of drug-likeness (QED) is 0.944. The van der Waals surface area contributed by atoms with E-state index in [0.29, 0.717) is 17.5 Å². The molecule has 1 aliphatic rings. The second-order valence-corrected chi connectivity index (χ2v) is 7.79. The summed E-state index contributed by atoms with van der Waals surface area (Å²) in [7, 11) is -2.77. The van der Waals surface area contributed by atoms with E-state index in [4.69, 9.17) is 0 Å². The SMILES string of the molecule is O=S1(=O)CCC(NCc2ccc3ccccc3c2)CC1. The van der Waals surface area contributed by atoms with Gasteiger partial charge in [0.05, 0.1) is 11.5 Å². The van der Waals surface area contributed by atoms with Crippen LogP contribution in [0.2, 0.25) is 0 Å². The third-order valence-corrected chi connectivity index (χ3v) is 5.68. The van der Waals surface area contributed by atoms with Crippen molar-refractivity contribution in [3.8, 4) is 0 Å². The first-order valence-electron chi connectivity index (χ1n) is 7.04. The molecule has 0 saturated carbocycles. The highest BCUT2D eigenvalue weighted by Crippen LogP contribution is 2.17. The van der Waals surface area contributed by atoms with Crippen LogP contribution in [-0.4, -0.2) is 26.0 Å². The summed E-state index contributed by atoms with van der Waals surface area (Å²) in [5, 5.41) is 5.97. The first kappa shape index (κ1) is 13.6. The van der Waals surface area contributed by atoms with Gasteiger partial charge in [-0.1, -0.05) is 36.4 Å². The van der Waals surface area contributed by atoms with Crippen molar-refractivity contribution in [3.05, 3.63) is 48.0 Å². The predicted octanol–water partition coefficient (Wildman–Crippen LogP) is 2.51. The van der Waals surface area contributed by atoms with E-state index in [0.717, 1.165) is 19.4 Å². The third kappa shape index (κ3) is 3.19. The molecule has 2 aromatic rings. The van der Waals surface area contributed by atoms with E-state index < -0.39 is 9.84 Å². The molecular formula is C16H19NO2S. The van der Waals surface area contributed by atoms with Crippen LogP contribution in [0.15, 0.2) is 42.5 Å². The zero-order valence-corrected chi connectivity index (χ0v) is 12.2. The van der Waals surface area contributed by atoms with Crippen LogP contribution in [0.25, 0.3) is 10.8 Å². The Labute approximate surface area is 119 Å². The fourth-order valence-corrected chi connectivity index (χ4v) is 4.20. The minimum atomic E-state index is -2.77. The minimum Gasteiger partial charge on any atom is -0.310 e. The Morgan fingerprint density at radius 2 is 1.70 bits per heavy atom. The van der Waals surface area contributed by atoms with Gasteiger partial charge in [-0.3, -0.25) is 0 Å². The van der Waals surface area contributed by atoms with E-state index in [9.17, 15) is 8.42 Å². The van der Waals surface area contributed by atoms with Gasteiger partial charge in [-0.25, -0.2) is 8.42 Å². The average Bonchev–Trinajstić information content (AvgIpc) is 2.46. The van der Waals surface area contributed by atoms with Crippen LogP contribution in [0.5, 0.6) is 0 Å². The highest BCUT2D eigenvalue weighted by Gasteiger charge is 2.22. The number of hydrogen-bond acceptors (Lipinski definition) is 3. The number of nitrogens with one attached hydrogen (secondary N) is 1. The van der Waals surface area contributed by atoms with Gasteiger partial charge in [-0.2, -0.15) is 0 Å². The minimum absolute atomic E-state index is 0.322. The first-order valence-corrected chi connectivity index (χ1v) is 8.86. The molecule has 106 valence electrons. The largest absolute Gasteiger partial charge is 0.310 e. The van der Waals surface area contributed by atoms with Crippen LogP contribution in [0.3, 0.4) is 0 Å². The maximum atomic E-state index is 11.4. The molecule has 3 nitrogen and oxygen atoms in total. The van der Waals surface area contributed by atoms with E-state index in [-0.39, 0.29) is 0 Å². The van der Waals surface area contributed by atoms with E-state index >= 15 is 0 Å². The lowest BCUT2D eigenvalue weighted by molar-refractivity contribution is 0.463. The van der Waals surface area contributed by atoms with Crippen molar-refractivity contribution < 1.29 is 8.42 Å². The number of benzene rings is 2. The lowest BCUT2D eigenvalue weighted by Gasteiger charge is -2.23. The maximum absolute atomic E-state index is 11.4. The Hall–Kier alpha value is -1.39. The second-order valence-electron chi connectivity index (χ2n) is 5.49. The topological polar surface area (TPSA) is 46.2 Å². The lowest BCUT2D eigenvalue weighted by atomic mass is 10.1. The molecule has 4 heteroatoms. The van der Waals surface area contributed by atoms with Gasteiger partial charge >= 0.3 is 0 Å².